The Hall–Kier alpha value is -7.95. The van der Waals surface area contributed by atoms with Gasteiger partial charge in [0.1, 0.15) is 0 Å². The Bertz CT molecular complexity index is 3620. The van der Waals surface area contributed by atoms with Crippen LogP contribution in [-0.4, -0.2) is 19.5 Å². The number of aromatic nitrogens is 4. The van der Waals surface area contributed by atoms with Gasteiger partial charge in [0.25, 0.3) is 0 Å². The molecule has 4 nitrogen and oxygen atoms in total. The van der Waals surface area contributed by atoms with E-state index in [2.05, 4.69) is 193 Å². The van der Waals surface area contributed by atoms with Gasteiger partial charge >= 0.3 is 0 Å². The van der Waals surface area contributed by atoms with Crippen molar-refractivity contribution in [2.45, 2.75) is 0 Å². The molecule has 0 saturated heterocycles. The number of nitrogens with zero attached hydrogens (tertiary/aromatic N) is 4. The number of benzene rings is 10. The molecule has 0 unspecified atom stereocenters. The summed E-state index contributed by atoms with van der Waals surface area (Å²) in [5.41, 5.74) is 8.37. The van der Waals surface area contributed by atoms with Gasteiger partial charge in [0.05, 0.1) is 11.0 Å². The topological polar surface area (TPSA) is 43.6 Å². The molecular formula is C55H34N4. The number of fused-ring (bicyclic) bond motifs is 8. The first-order chi connectivity index (χ1) is 29.2. The Balaban J connectivity index is 1.16. The maximum Gasteiger partial charge on any atom is 0.164 e. The Morgan fingerprint density at radius 2 is 0.881 bits per heavy atom. The van der Waals surface area contributed by atoms with Gasteiger partial charge in [0.15, 0.2) is 17.5 Å². The molecule has 0 atom stereocenters. The molecule has 0 spiro atoms. The number of rotatable bonds is 5. The minimum Gasteiger partial charge on any atom is -0.309 e. The molecule has 4 heteroatoms. The fraction of sp³-hybridized carbons (Fsp3) is 0. The van der Waals surface area contributed by atoms with Crippen molar-refractivity contribution < 1.29 is 0 Å². The van der Waals surface area contributed by atoms with E-state index in [1.54, 1.807) is 0 Å². The zero-order valence-electron chi connectivity index (χ0n) is 31.9. The molecule has 0 fully saturated rings. The minimum absolute atomic E-state index is 0.621. The van der Waals surface area contributed by atoms with E-state index in [1.165, 1.54) is 48.5 Å². The Morgan fingerprint density at radius 3 is 1.68 bits per heavy atom. The first kappa shape index (κ1) is 33.2. The van der Waals surface area contributed by atoms with Crippen molar-refractivity contribution in [3.05, 3.63) is 206 Å². The van der Waals surface area contributed by atoms with Gasteiger partial charge in [-0.2, -0.15) is 0 Å². The van der Waals surface area contributed by atoms with Crippen LogP contribution in [0.25, 0.3) is 116 Å². The summed E-state index contributed by atoms with van der Waals surface area (Å²) in [5.74, 6) is 1.89. The zero-order chi connectivity index (χ0) is 38.9. The van der Waals surface area contributed by atoms with Gasteiger partial charge < -0.3 is 4.57 Å². The standard InChI is InChI=1S/C55H34N4/c1-2-16-38(17-3-1)53-56-54(42-26-25-35-13-4-5-18-39(35)31-42)58-55(57-53)47-29-28-43(34-48(47)46-24-12-21-36-14-8-10-22-44(36)46)59-50-30-27-37-15-9-11-23-45(37)52(50)49-32-40-19-6-7-20-41(40)33-51(49)59/h1-34H. The molecule has 0 aliphatic rings. The molecule has 2 aromatic heterocycles. The summed E-state index contributed by atoms with van der Waals surface area (Å²) in [4.78, 5) is 15.7. The van der Waals surface area contributed by atoms with Gasteiger partial charge in [0, 0.05) is 33.2 Å². The average Bonchev–Trinajstić information content (AvgIpc) is 3.63. The predicted molar refractivity (Wildman–Crippen MR) is 246 cm³/mol. The van der Waals surface area contributed by atoms with E-state index in [9.17, 15) is 0 Å². The van der Waals surface area contributed by atoms with Crippen LogP contribution in [0.4, 0.5) is 0 Å². The second kappa shape index (κ2) is 13.3. The van der Waals surface area contributed by atoms with Crippen LogP contribution in [0.5, 0.6) is 0 Å². The summed E-state index contributed by atoms with van der Waals surface area (Å²) < 4.78 is 2.44. The third-order valence-electron chi connectivity index (χ3n) is 11.8. The van der Waals surface area contributed by atoms with E-state index in [4.69, 9.17) is 15.0 Å². The third-order valence-corrected chi connectivity index (χ3v) is 11.8. The first-order valence-corrected chi connectivity index (χ1v) is 20.0. The van der Waals surface area contributed by atoms with Crippen molar-refractivity contribution in [2.75, 3.05) is 0 Å². The van der Waals surface area contributed by atoms with E-state index in [0.29, 0.717) is 17.5 Å². The Kier molecular flexibility index (Phi) is 7.50. The van der Waals surface area contributed by atoms with Crippen molar-refractivity contribution >= 4 is 64.9 Å². The summed E-state index contributed by atoms with van der Waals surface area (Å²) in [5, 5.41) is 12.0. The largest absolute Gasteiger partial charge is 0.309 e. The summed E-state index contributed by atoms with van der Waals surface area (Å²) in [6.45, 7) is 0. The molecule has 0 aliphatic heterocycles. The quantitative estimate of drug-likeness (QED) is 0.176. The molecule has 274 valence electrons. The highest BCUT2D eigenvalue weighted by molar-refractivity contribution is 6.23. The highest BCUT2D eigenvalue weighted by Crippen LogP contribution is 2.42. The predicted octanol–water partition coefficient (Wildman–Crippen LogP) is 14.2. The lowest BCUT2D eigenvalue weighted by Crippen LogP contribution is -2.02. The molecule has 10 aromatic carbocycles. The van der Waals surface area contributed by atoms with Gasteiger partial charge in [-0.05, 0) is 96.7 Å². The highest BCUT2D eigenvalue weighted by Gasteiger charge is 2.21. The molecule has 12 aromatic rings. The van der Waals surface area contributed by atoms with Gasteiger partial charge in [-0.1, -0.05) is 164 Å². The van der Waals surface area contributed by atoms with Crippen LogP contribution in [0.3, 0.4) is 0 Å². The van der Waals surface area contributed by atoms with E-state index in [-0.39, 0.29) is 0 Å². The normalized spacial score (nSPS) is 11.7. The molecule has 0 amide bonds. The molecule has 0 bridgehead atoms. The van der Waals surface area contributed by atoms with Gasteiger partial charge in [-0.3, -0.25) is 0 Å². The molecule has 0 N–H and O–H groups in total. The van der Waals surface area contributed by atoms with Crippen molar-refractivity contribution in [3.8, 4) is 51.0 Å². The van der Waals surface area contributed by atoms with Crippen LogP contribution in [-0.2, 0) is 0 Å². The van der Waals surface area contributed by atoms with Crippen molar-refractivity contribution in [1.82, 2.24) is 19.5 Å². The fourth-order valence-corrected chi connectivity index (χ4v) is 8.97. The van der Waals surface area contributed by atoms with Crippen molar-refractivity contribution in [1.29, 1.82) is 0 Å². The van der Waals surface area contributed by atoms with Crippen LogP contribution in [0.2, 0.25) is 0 Å². The van der Waals surface area contributed by atoms with Crippen molar-refractivity contribution in [2.24, 2.45) is 0 Å². The van der Waals surface area contributed by atoms with Crippen LogP contribution in [0.1, 0.15) is 0 Å². The van der Waals surface area contributed by atoms with E-state index in [1.807, 2.05) is 18.2 Å². The maximum absolute atomic E-state index is 5.30. The minimum atomic E-state index is 0.621. The summed E-state index contributed by atoms with van der Waals surface area (Å²) in [6.07, 6.45) is 0. The zero-order valence-corrected chi connectivity index (χ0v) is 31.9. The second-order valence-corrected chi connectivity index (χ2v) is 15.2. The lowest BCUT2D eigenvalue weighted by Gasteiger charge is -2.17. The molecular weight excluding hydrogens is 717 g/mol. The highest BCUT2D eigenvalue weighted by atomic mass is 15.0. The summed E-state index contributed by atoms with van der Waals surface area (Å²) >= 11 is 0. The third kappa shape index (κ3) is 5.49. The van der Waals surface area contributed by atoms with Crippen LogP contribution in [0.15, 0.2) is 206 Å². The smallest absolute Gasteiger partial charge is 0.164 e. The van der Waals surface area contributed by atoms with Crippen molar-refractivity contribution in [3.63, 3.8) is 0 Å². The number of hydrogen-bond acceptors (Lipinski definition) is 3. The number of hydrogen-bond donors (Lipinski definition) is 0. The van der Waals surface area contributed by atoms with Crippen LogP contribution >= 0.6 is 0 Å². The molecule has 0 radical (unpaired) electrons. The van der Waals surface area contributed by atoms with E-state index < -0.39 is 0 Å². The molecule has 0 saturated carbocycles. The molecule has 2 heterocycles. The fourth-order valence-electron chi connectivity index (χ4n) is 8.97. The van der Waals surface area contributed by atoms with Gasteiger partial charge in [-0.15, -0.1) is 0 Å². The molecule has 0 aliphatic carbocycles. The first-order valence-electron chi connectivity index (χ1n) is 20.0. The Labute approximate surface area is 340 Å². The molecule has 59 heavy (non-hydrogen) atoms. The van der Waals surface area contributed by atoms with E-state index >= 15 is 0 Å². The average molecular weight is 751 g/mol. The van der Waals surface area contributed by atoms with Crippen LogP contribution < -0.4 is 0 Å². The summed E-state index contributed by atoms with van der Waals surface area (Å²) in [7, 11) is 0. The lowest BCUT2D eigenvalue weighted by molar-refractivity contribution is 1.07. The van der Waals surface area contributed by atoms with Crippen LogP contribution in [0, 0.1) is 0 Å². The lowest BCUT2D eigenvalue weighted by atomic mass is 9.93. The Morgan fingerprint density at radius 1 is 0.288 bits per heavy atom. The SMILES string of the molecule is c1ccc(-c2nc(-c3ccc4ccccc4c3)nc(-c3ccc(-n4c5cc6ccccc6cc5c5c6ccccc6ccc54)cc3-c3cccc4ccccc34)n2)cc1. The van der Waals surface area contributed by atoms with E-state index in [0.717, 1.165) is 49.9 Å². The van der Waals surface area contributed by atoms with Gasteiger partial charge in [-0.25, -0.2) is 15.0 Å². The maximum atomic E-state index is 5.30. The van der Waals surface area contributed by atoms with Gasteiger partial charge in [0.2, 0.25) is 0 Å². The molecule has 12 rings (SSSR count). The second-order valence-electron chi connectivity index (χ2n) is 15.2. The summed E-state index contributed by atoms with van der Waals surface area (Å²) in [6, 6.07) is 73.6. The monoisotopic (exact) mass is 750 g/mol.